The first kappa shape index (κ1) is 8.29. The second kappa shape index (κ2) is 2.98. The number of aromatic nitrogens is 3. The van der Waals surface area contributed by atoms with E-state index in [9.17, 15) is 0 Å². The number of hydrogen-bond donors (Lipinski definition) is 1. The average molecular weight is 197 g/mol. The fraction of sp³-hybridized carbons (Fsp3) is 0.0833. The van der Waals surface area contributed by atoms with Crippen molar-refractivity contribution < 1.29 is 0 Å². The third-order valence-corrected chi connectivity index (χ3v) is 2.47. The molecule has 0 bridgehead atoms. The van der Waals surface area contributed by atoms with Gasteiger partial charge in [-0.2, -0.15) is 0 Å². The Bertz CT molecular complexity index is 590. The van der Waals surface area contributed by atoms with E-state index in [-0.39, 0.29) is 0 Å². The van der Waals surface area contributed by atoms with Gasteiger partial charge in [-0.3, -0.25) is 0 Å². The lowest BCUT2D eigenvalue weighted by atomic mass is 10.3. The third-order valence-electron chi connectivity index (χ3n) is 2.47. The van der Waals surface area contributed by atoms with Crippen molar-refractivity contribution in [3.63, 3.8) is 0 Å². The van der Waals surface area contributed by atoms with Gasteiger partial charge in [0.2, 0.25) is 0 Å². The van der Waals surface area contributed by atoms with Crippen LogP contribution in [0, 0.1) is 6.92 Å². The third kappa shape index (κ3) is 1.32. The van der Waals surface area contributed by atoms with Gasteiger partial charge in [-0.05, 0) is 30.7 Å². The maximum absolute atomic E-state index is 4.53. The molecule has 0 aliphatic rings. The Morgan fingerprint density at radius 1 is 1.20 bits per heavy atom. The molecule has 0 saturated heterocycles. The highest BCUT2D eigenvalue weighted by molar-refractivity contribution is 5.59. The fourth-order valence-corrected chi connectivity index (χ4v) is 1.72. The molecule has 0 spiro atoms. The molecule has 0 radical (unpaired) electrons. The lowest BCUT2D eigenvalue weighted by molar-refractivity contribution is 1.16. The first-order valence-corrected chi connectivity index (χ1v) is 4.92. The molecular weight excluding hydrogens is 186 g/mol. The molecule has 3 nitrogen and oxygen atoms in total. The SMILES string of the molecule is Cc1ccc2nc(-c3ccc[nH]3)cn2c1. The van der Waals surface area contributed by atoms with Crippen LogP contribution in [0.5, 0.6) is 0 Å². The van der Waals surface area contributed by atoms with Crippen molar-refractivity contribution in [2.75, 3.05) is 0 Å². The summed E-state index contributed by atoms with van der Waals surface area (Å²) in [5.41, 5.74) is 4.24. The molecule has 0 saturated carbocycles. The highest BCUT2D eigenvalue weighted by Gasteiger charge is 2.03. The molecule has 3 aromatic rings. The van der Waals surface area contributed by atoms with Gasteiger partial charge in [0, 0.05) is 18.6 Å². The number of pyridine rings is 1. The van der Waals surface area contributed by atoms with E-state index in [1.165, 1.54) is 5.56 Å². The van der Waals surface area contributed by atoms with Crippen LogP contribution >= 0.6 is 0 Å². The zero-order chi connectivity index (χ0) is 10.3. The second-order valence-corrected chi connectivity index (χ2v) is 3.68. The second-order valence-electron chi connectivity index (χ2n) is 3.68. The normalized spacial score (nSPS) is 11.0. The number of aryl methyl sites for hydroxylation is 1. The largest absolute Gasteiger partial charge is 0.360 e. The number of aromatic amines is 1. The summed E-state index contributed by atoms with van der Waals surface area (Å²) in [6.07, 6.45) is 6.02. The molecule has 0 fully saturated rings. The van der Waals surface area contributed by atoms with Crippen LogP contribution in [0.15, 0.2) is 42.9 Å². The van der Waals surface area contributed by atoms with E-state index in [0.717, 1.165) is 17.0 Å². The van der Waals surface area contributed by atoms with Crippen LogP contribution in [0.3, 0.4) is 0 Å². The fourth-order valence-electron chi connectivity index (χ4n) is 1.72. The molecule has 0 aliphatic heterocycles. The van der Waals surface area contributed by atoms with E-state index in [2.05, 4.69) is 29.2 Å². The number of imidazole rings is 1. The summed E-state index contributed by atoms with van der Waals surface area (Å²) in [4.78, 5) is 7.68. The molecule has 3 heteroatoms. The summed E-state index contributed by atoms with van der Waals surface area (Å²) in [5, 5.41) is 0. The minimum atomic E-state index is 0.977. The predicted molar refractivity (Wildman–Crippen MR) is 59.7 cm³/mol. The van der Waals surface area contributed by atoms with Crippen molar-refractivity contribution in [1.82, 2.24) is 14.4 Å². The molecule has 3 rings (SSSR count). The van der Waals surface area contributed by atoms with E-state index in [4.69, 9.17) is 0 Å². The number of fused-ring (bicyclic) bond motifs is 1. The molecule has 0 amide bonds. The van der Waals surface area contributed by atoms with Crippen LogP contribution in [0.25, 0.3) is 17.0 Å². The topological polar surface area (TPSA) is 33.1 Å². The minimum absolute atomic E-state index is 0.977. The van der Waals surface area contributed by atoms with E-state index in [1.54, 1.807) is 0 Å². The lowest BCUT2D eigenvalue weighted by Crippen LogP contribution is -1.82. The molecule has 0 aromatic carbocycles. The minimum Gasteiger partial charge on any atom is -0.360 e. The Morgan fingerprint density at radius 3 is 2.93 bits per heavy atom. The summed E-state index contributed by atoms with van der Waals surface area (Å²) in [7, 11) is 0. The maximum atomic E-state index is 4.53. The van der Waals surface area contributed by atoms with Gasteiger partial charge in [0.15, 0.2) is 0 Å². The Labute approximate surface area is 87.4 Å². The zero-order valence-corrected chi connectivity index (χ0v) is 8.44. The van der Waals surface area contributed by atoms with Crippen molar-refractivity contribution in [3.8, 4) is 11.4 Å². The maximum Gasteiger partial charge on any atom is 0.137 e. The first-order valence-electron chi connectivity index (χ1n) is 4.92. The standard InChI is InChI=1S/C12H11N3/c1-9-4-5-12-14-11(8-15(12)7-9)10-3-2-6-13-10/h2-8,13H,1H3. The van der Waals surface area contributed by atoms with Gasteiger partial charge in [-0.15, -0.1) is 0 Å². The van der Waals surface area contributed by atoms with E-state index in [0.29, 0.717) is 0 Å². The molecule has 1 N–H and O–H groups in total. The van der Waals surface area contributed by atoms with Gasteiger partial charge in [-0.1, -0.05) is 6.07 Å². The van der Waals surface area contributed by atoms with Crippen molar-refractivity contribution in [3.05, 3.63) is 48.4 Å². The van der Waals surface area contributed by atoms with Crippen LogP contribution in [0.4, 0.5) is 0 Å². The number of rotatable bonds is 1. The monoisotopic (exact) mass is 197 g/mol. The summed E-state index contributed by atoms with van der Waals surface area (Å²) < 4.78 is 2.05. The smallest absolute Gasteiger partial charge is 0.137 e. The Kier molecular flexibility index (Phi) is 1.65. The average Bonchev–Trinajstić information content (AvgIpc) is 2.84. The highest BCUT2D eigenvalue weighted by Crippen LogP contribution is 2.17. The molecule has 3 aromatic heterocycles. The molecule has 74 valence electrons. The van der Waals surface area contributed by atoms with Crippen LogP contribution in [0.1, 0.15) is 5.56 Å². The molecular formula is C12H11N3. The molecule has 0 unspecified atom stereocenters. The van der Waals surface area contributed by atoms with Crippen molar-refractivity contribution in [2.45, 2.75) is 6.92 Å². The summed E-state index contributed by atoms with van der Waals surface area (Å²) in [6, 6.07) is 8.10. The number of nitrogens with zero attached hydrogens (tertiary/aromatic N) is 2. The van der Waals surface area contributed by atoms with Gasteiger partial charge in [0.05, 0.1) is 5.69 Å². The van der Waals surface area contributed by atoms with E-state index < -0.39 is 0 Å². The Hall–Kier alpha value is -2.03. The van der Waals surface area contributed by atoms with Crippen molar-refractivity contribution in [1.29, 1.82) is 0 Å². The molecule has 3 heterocycles. The van der Waals surface area contributed by atoms with E-state index in [1.807, 2.05) is 35.0 Å². The van der Waals surface area contributed by atoms with Crippen molar-refractivity contribution >= 4 is 5.65 Å². The molecule has 15 heavy (non-hydrogen) atoms. The van der Waals surface area contributed by atoms with Crippen LogP contribution < -0.4 is 0 Å². The summed E-state index contributed by atoms with van der Waals surface area (Å²) >= 11 is 0. The quantitative estimate of drug-likeness (QED) is 0.639. The molecule has 0 atom stereocenters. The number of H-pyrrole nitrogens is 1. The highest BCUT2D eigenvalue weighted by atomic mass is 15.0. The van der Waals surface area contributed by atoms with Gasteiger partial charge in [0.1, 0.15) is 11.3 Å². The Morgan fingerprint density at radius 2 is 2.13 bits per heavy atom. The number of nitrogens with one attached hydrogen (secondary N) is 1. The zero-order valence-electron chi connectivity index (χ0n) is 8.44. The van der Waals surface area contributed by atoms with Gasteiger partial charge < -0.3 is 9.38 Å². The Balaban J connectivity index is 2.22. The van der Waals surface area contributed by atoms with E-state index >= 15 is 0 Å². The van der Waals surface area contributed by atoms with Gasteiger partial charge in [0.25, 0.3) is 0 Å². The van der Waals surface area contributed by atoms with Crippen LogP contribution in [-0.2, 0) is 0 Å². The lowest BCUT2D eigenvalue weighted by Gasteiger charge is -1.92. The predicted octanol–water partition coefficient (Wildman–Crippen LogP) is 2.64. The first-order chi connectivity index (χ1) is 7.33. The van der Waals surface area contributed by atoms with Gasteiger partial charge in [-0.25, -0.2) is 4.98 Å². The molecule has 0 aliphatic carbocycles. The summed E-state index contributed by atoms with van der Waals surface area (Å²) in [5.74, 6) is 0. The van der Waals surface area contributed by atoms with Crippen molar-refractivity contribution in [2.24, 2.45) is 0 Å². The van der Waals surface area contributed by atoms with Crippen LogP contribution in [0.2, 0.25) is 0 Å². The summed E-state index contributed by atoms with van der Waals surface area (Å²) in [6.45, 7) is 2.08. The van der Waals surface area contributed by atoms with Crippen LogP contribution in [-0.4, -0.2) is 14.4 Å². The van der Waals surface area contributed by atoms with Gasteiger partial charge >= 0.3 is 0 Å². The number of hydrogen-bond acceptors (Lipinski definition) is 1.